The maximum absolute atomic E-state index is 12.3. The predicted molar refractivity (Wildman–Crippen MR) is 112 cm³/mol. The first-order valence-corrected chi connectivity index (χ1v) is 10.4. The van der Waals surface area contributed by atoms with Gasteiger partial charge in [0.05, 0.1) is 0 Å². The normalized spacial score (nSPS) is 15.5. The number of amides is 1. The zero-order valence-electron chi connectivity index (χ0n) is 16.5. The highest BCUT2D eigenvalue weighted by molar-refractivity contribution is 5.76. The second kappa shape index (κ2) is 8.55. The number of nitrogens with zero attached hydrogens (tertiary/aromatic N) is 3. The molecule has 3 aromatic rings. The summed E-state index contributed by atoms with van der Waals surface area (Å²) >= 11 is 0. The van der Waals surface area contributed by atoms with E-state index in [-0.39, 0.29) is 5.91 Å². The molecule has 0 bridgehead atoms. The smallest absolute Gasteiger partial charge is 0.220 e. The van der Waals surface area contributed by atoms with Gasteiger partial charge in [0.15, 0.2) is 5.65 Å². The number of hydrogen-bond acceptors (Lipinski definition) is 3. The van der Waals surface area contributed by atoms with Gasteiger partial charge in [0.1, 0.15) is 11.3 Å². The molecule has 146 valence electrons. The molecule has 0 spiro atoms. The van der Waals surface area contributed by atoms with Crippen LogP contribution in [0.2, 0.25) is 0 Å². The fraction of sp³-hybridized carbons (Fsp3) is 0.435. The Kier molecular flexibility index (Phi) is 5.70. The Balaban J connectivity index is 1.38. The Hall–Kier alpha value is -2.69. The average Bonchev–Trinajstić information content (AvgIpc) is 2.86. The minimum Gasteiger partial charge on any atom is -0.353 e. The average molecular weight is 377 g/mol. The van der Waals surface area contributed by atoms with E-state index in [1.807, 2.05) is 19.1 Å². The van der Waals surface area contributed by atoms with Crippen molar-refractivity contribution in [1.29, 1.82) is 0 Å². The number of pyridine rings is 1. The van der Waals surface area contributed by atoms with Gasteiger partial charge >= 0.3 is 0 Å². The number of aryl methyl sites for hydroxylation is 2. The quantitative estimate of drug-likeness (QED) is 0.667. The van der Waals surface area contributed by atoms with Crippen LogP contribution in [0.15, 0.2) is 42.6 Å². The largest absolute Gasteiger partial charge is 0.353 e. The molecule has 1 aliphatic rings. The van der Waals surface area contributed by atoms with Crippen molar-refractivity contribution in [3.05, 3.63) is 54.0 Å². The molecule has 0 atom stereocenters. The van der Waals surface area contributed by atoms with Gasteiger partial charge in [-0.05, 0) is 56.0 Å². The Morgan fingerprint density at radius 3 is 2.61 bits per heavy atom. The van der Waals surface area contributed by atoms with E-state index in [1.165, 1.54) is 31.2 Å². The van der Waals surface area contributed by atoms with Gasteiger partial charge in [-0.3, -0.25) is 9.36 Å². The molecule has 1 amide bonds. The van der Waals surface area contributed by atoms with Crippen molar-refractivity contribution >= 4 is 17.1 Å². The minimum absolute atomic E-state index is 0.177. The van der Waals surface area contributed by atoms with Crippen molar-refractivity contribution in [3.8, 4) is 5.69 Å². The molecule has 1 aromatic carbocycles. The van der Waals surface area contributed by atoms with Crippen LogP contribution in [-0.2, 0) is 11.2 Å². The van der Waals surface area contributed by atoms with E-state index in [4.69, 9.17) is 0 Å². The molecule has 1 N–H and O–H groups in total. The number of fused-ring (bicyclic) bond motifs is 1. The van der Waals surface area contributed by atoms with E-state index in [0.717, 1.165) is 41.9 Å². The lowest BCUT2D eigenvalue weighted by Gasteiger charge is -2.16. The van der Waals surface area contributed by atoms with Crippen molar-refractivity contribution in [2.24, 2.45) is 0 Å². The third-order valence-electron chi connectivity index (χ3n) is 5.64. The van der Waals surface area contributed by atoms with Crippen LogP contribution >= 0.6 is 0 Å². The molecule has 5 nitrogen and oxygen atoms in total. The SMILES string of the molecule is Cc1nc2cccnc2n1-c1ccc(CCC(=O)NC2CCCCCC2)cc1. The van der Waals surface area contributed by atoms with Crippen LogP contribution in [-0.4, -0.2) is 26.5 Å². The third-order valence-corrected chi connectivity index (χ3v) is 5.64. The number of carbonyl (C=O) groups excluding carboxylic acids is 1. The predicted octanol–water partition coefficient (Wildman–Crippen LogP) is 4.50. The summed E-state index contributed by atoms with van der Waals surface area (Å²) in [5.74, 6) is 1.10. The van der Waals surface area contributed by atoms with E-state index in [0.29, 0.717) is 12.5 Å². The highest BCUT2D eigenvalue weighted by atomic mass is 16.1. The number of rotatable bonds is 5. The fourth-order valence-corrected chi connectivity index (χ4v) is 4.13. The zero-order valence-corrected chi connectivity index (χ0v) is 16.5. The Morgan fingerprint density at radius 1 is 1.11 bits per heavy atom. The monoisotopic (exact) mass is 376 g/mol. The molecule has 1 saturated carbocycles. The van der Waals surface area contributed by atoms with Gasteiger partial charge in [0.2, 0.25) is 5.91 Å². The van der Waals surface area contributed by atoms with Gasteiger partial charge in [-0.15, -0.1) is 0 Å². The number of aromatic nitrogens is 3. The van der Waals surface area contributed by atoms with Gasteiger partial charge < -0.3 is 5.32 Å². The van der Waals surface area contributed by atoms with Gasteiger partial charge in [0.25, 0.3) is 0 Å². The first-order valence-electron chi connectivity index (χ1n) is 10.4. The van der Waals surface area contributed by atoms with Crippen molar-refractivity contribution in [2.75, 3.05) is 0 Å². The van der Waals surface area contributed by atoms with E-state index in [9.17, 15) is 4.79 Å². The van der Waals surface area contributed by atoms with Gasteiger partial charge in [0, 0.05) is 24.3 Å². The second-order valence-corrected chi connectivity index (χ2v) is 7.76. The molecule has 28 heavy (non-hydrogen) atoms. The highest BCUT2D eigenvalue weighted by Gasteiger charge is 2.15. The first-order chi connectivity index (χ1) is 13.7. The molecule has 0 radical (unpaired) electrons. The van der Waals surface area contributed by atoms with Crippen LogP contribution in [0.5, 0.6) is 0 Å². The number of imidazole rings is 1. The lowest BCUT2D eigenvalue weighted by atomic mass is 10.1. The Morgan fingerprint density at radius 2 is 1.86 bits per heavy atom. The van der Waals surface area contributed by atoms with Crippen LogP contribution in [0.1, 0.15) is 56.3 Å². The summed E-state index contributed by atoms with van der Waals surface area (Å²) in [7, 11) is 0. The van der Waals surface area contributed by atoms with Crippen LogP contribution in [0.3, 0.4) is 0 Å². The first kappa shape index (κ1) is 18.7. The summed E-state index contributed by atoms with van der Waals surface area (Å²) in [5.41, 5.74) is 4.00. The van der Waals surface area contributed by atoms with E-state index in [2.05, 4.69) is 44.1 Å². The standard InChI is InChI=1S/C23H28N4O/c1-17-25-21-9-6-16-24-23(21)27(17)20-13-10-18(11-14-20)12-15-22(28)26-19-7-4-2-3-5-8-19/h6,9-11,13-14,16,19H,2-5,7-8,12,15H2,1H3,(H,26,28). The molecule has 4 rings (SSSR count). The summed E-state index contributed by atoms with van der Waals surface area (Å²) in [5, 5.41) is 3.23. The molecule has 2 heterocycles. The number of nitrogens with one attached hydrogen (secondary N) is 1. The van der Waals surface area contributed by atoms with E-state index in [1.54, 1.807) is 6.20 Å². The fourth-order valence-electron chi connectivity index (χ4n) is 4.13. The summed E-state index contributed by atoms with van der Waals surface area (Å²) in [6.07, 6.45) is 10.5. The number of carbonyl (C=O) groups is 1. The summed E-state index contributed by atoms with van der Waals surface area (Å²) in [6, 6.07) is 12.6. The van der Waals surface area contributed by atoms with Crippen molar-refractivity contribution < 1.29 is 4.79 Å². The van der Waals surface area contributed by atoms with E-state index >= 15 is 0 Å². The molecule has 0 saturated heterocycles. The topological polar surface area (TPSA) is 59.8 Å². The van der Waals surface area contributed by atoms with Gasteiger partial charge in [-0.25, -0.2) is 9.97 Å². The summed E-state index contributed by atoms with van der Waals surface area (Å²) in [6.45, 7) is 1.99. The van der Waals surface area contributed by atoms with Crippen LogP contribution < -0.4 is 5.32 Å². The maximum atomic E-state index is 12.3. The molecular weight excluding hydrogens is 348 g/mol. The van der Waals surface area contributed by atoms with Crippen LogP contribution in [0, 0.1) is 6.92 Å². The number of hydrogen-bond donors (Lipinski definition) is 1. The molecule has 1 aliphatic carbocycles. The van der Waals surface area contributed by atoms with Crippen molar-refractivity contribution in [2.45, 2.75) is 64.3 Å². The molecule has 1 fully saturated rings. The summed E-state index contributed by atoms with van der Waals surface area (Å²) in [4.78, 5) is 21.4. The molecule has 0 unspecified atom stereocenters. The molecular formula is C23H28N4O. The van der Waals surface area contributed by atoms with Crippen molar-refractivity contribution in [3.63, 3.8) is 0 Å². The molecule has 5 heteroatoms. The lowest BCUT2D eigenvalue weighted by Crippen LogP contribution is -2.34. The Labute approximate surface area is 166 Å². The minimum atomic E-state index is 0.177. The van der Waals surface area contributed by atoms with Crippen molar-refractivity contribution in [1.82, 2.24) is 19.9 Å². The number of benzene rings is 1. The Bertz CT molecular complexity index is 937. The summed E-state index contributed by atoms with van der Waals surface area (Å²) < 4.78 is 2.07. The lowest BCUT2D eigenvalue weighted by molar-refractivity contribution is -0.121. The third kappa shape index (κ3) is 4.24. The van der Waals surface area contributed by atoms with Gasteiger partial charge in [-0.1, -0.05) is 37.8 Å². The zero-order chi connectivity index (χ0) is 19.3. The molecule has 0 aliphatic heterocycles. The highest BCUT2D eigenvalue weighted by Crippen LogP contribution is 2.20. The van der Waals surface area contributed by atoms with E-state index < -0.39 is 0 Å². The van der Waals surface area contributed by atoms with Crippen LogP contribution in [0.25, 0.3) is 16.9 Å². The van der Waals surface area contributed by atoms with Crippen LogP contribution in [0.4, 0.5) is 0 Å². The van der Waals surface area contributed by atoms with Gasteiger partial charge in [-0.2, -0.15) is 0 Å². The maximum Gasteiger partial charge on any atom is 0.220 e. The second-order valence-electron chi connectivity index (χ2n) is 7.76. The molecule has 2 aromatic heterocycles.